The molecule has 0 saturated heterocycles. The number of methoxy groups -OCH3 is 1. The summed E-state index contributed by atoms with van der Waals surface area (Å²) in [5.41, 5.74) is 3.05. The molecule has 2 aromatic carbocycles. The molecule has 2 N–H and O–H groups in total. The van der Waals surface area contributed by atoms with E-state index in [-0.39, 0.29) is 5.91 Å². The smallest absolute Gasteiger partial charge is 0.225 e. The summed E-state index contributed by atoms with van der Waals surface area (Å²) >= 11 is 0. The van der Waals surface area contributed by atoms with Crippen LogP contribution in [0.15, 0.2) is 42.5 Å². The van der Waals surface area contributed by atoms with Crippen molar-refractivity contribution in [1.29, 1.82) is 0 Å². The number of aromatic nitrogens is 2. The third-order valence-corrected chi connectivity index (χ3v) is 5.17. The van der Waals surface area contributed by atoms with Crippen LogP contribution in [0.5, 0.6) is 5.75 Å². The highest BCUT2D eigenvalue weighted by Crippen LogP contribution is 2.30. The van der Waals surface area contributed by atoms with Crippen molar-refractivity contribution in [3.8, 4) is 16.9 Å². The molecule has 26 heavy (non-hydrogen) atoms. The van der Waals surface area contributed by atoms with Gasteiger partial charge in [0.15, 0.2) is 5.82 Å². The lowest BCUT2D eigenvalue weighted by Gasteiger charge is -2.08. The summed E-state index contributed by atoms with van der Waals surface area (Å²) in [7, 11) is 1.66. The fourth-order valence-corrected chi connectivity index (χ4v) is 3.76. The van der Waals surface area contributed by atoms with Crippen LogP contribution < -0.4 is 10.1 Å². The van der Waals surface area contributed by atoms with Gasteiger partial charge in [-0.15, -0.1) is 0 Å². The molecule has 1 amide bonds. The van der Waals surface area contributed by atoms with Crippen LogP contribution in [0, 0.1) is 5.92 Å². The molecule has 1 aliphatic carbocycles. The fourth-order valence-electron chi connectivity index (χ4n) is 3.76. The van der Waals surface area contributed by atoms with Crippen LogP contribution in [0.3, 0.4) is 0 Å². The molecule has 0 aliphatic heterocycles. The molecule has 3 aromatic rings. The molecule has 5 nitrogen and oxygen atoms in total. The number of fused-ring (bicyclic) bond motifs is 1. The number of nitrogens with one attached hydrogen (secondary N) is 2. The molecular formula is C21H23N3O2. The van der Waals surface area contributed by atoms with Gasteiger partial charge in [0.25, 0.3) is 0 Å². The lowest BCUT2D eigenvalue weighted by Crippen LogP contribution is -2.15. The molecule has 5 heteroatoms. The number of anilines is 1. The SMILES string of the molecule is COc1cccc(-c2ccc3c(NC(=O)CC4CCCC4)n[nH]c3c2)c1. The Morgan fingerprint density at radius 2 is 2.00 bits per heavy atom. The zero-order valence-electron chi connectivity index (χ0n) is 14.9. The van der Waals surface area contributed by atoms with Gasteiger partial charge >= 0.3 is 0 Å². The van der Waals surface area contributed by atoms with Crippen molar-refractivity contribution < 1.29 is 9.53 Å². The van der Waals surface area contributed by atoms with Gasteiger partial charge in [-0.3, -0.25) is 9.89 Å². The van der Waals surface area contributed by atoms with Gasteiger partial charge in [-0.2, -0.15) is 5.10 Å². The summed E-state index contributed by atoms with van der Waals surface area (Å²) in [6, 6.07) is 14.0. The Hall–Kier alpha value is -2.82. The van der Waals surface area contributed by atoms with Gasteiger partial charge in [-0.05, 0) is 54.2 Å². The zero-order chi connectivity index (χ0) is 17.9. The quantitative estimate of drug-likeness (QED) is 0.698. The van der Waals surface area contributed by atoms with E-state index in [0.29, 0.717) is 18.2 Å². The van der Waals surface area contributed by atoms with Crippen molar-refractivity contribution in [2.75, 3.05) is 12.4 Å². The highest BCUT2D eigenvalue weighted by atomic mass is 16.5. The Morgan fingerprint density at radius 3 is 2.81 bits per heavy atom. The van der Waals surface area contributed by atoms with Gasteiger partial charge in [0, 0.05) is 11.8 Å². The second-order valence-corrected chi connectivity index (χ2v) is 6.97. The van der Waals surface area contributed by atoms with E-state index in [9.17, 15) is 4.79 Å². The first-order chi connectivity index (χ1) is 12.7. The number of hydrogen-bond donors (Lipinski definition) is 2. The molecule has 4 rings (SSSR count). The van der Waals surface area contributed by atoms with Gasteiger partial charge in [0.05, 0.1) is 12.6 Å². The minimum absolute atomic E-state index is 0.0576. The number of aromatic amines is 1. The topological polar surface area (TPSA) is 67.0 Å². The number of hydrogen-bond acceptors (Lipinski definition) is 3. The number of H-pyrrole nitrogens is 1. The minimum atomic E-state index is 0.0576. The Morgan fingerprint density at radius 1 is 1.19 bits per heavy atom. The summed E-state index contributed by atoms with van der Waals surface area (Å²) in [5.74, 6) is 2.02. The third kappa shape index (κ3) is 3.43. The predicted molar refractivity (Wildman–Crippen MR) is 103 cm³/mol. The monoisotopic (exact) mass is 349 g/mol. The van der Waals surface area contributed by atoms with Gasteiger partial charge < -0.3 is 10.1 Å². The van der Waals surface area contributed by atoms with Crippen LogP contribution >= 0.6 is 0 Å². The van der Waals surface area contributed by atoms with Crippen molar-refractivity contribution in [1.82, 2.24) is 10.2 Å². The zero-order valence-corrected chi connectivity index (χ0v) is 14.9. The van der Waals surface area contributed by atoms with Crippen molar-refractivity contribution in [3.63, 3.8) is 0 Å². The second kappa shape index (κ2) is 7.20. The molecule has 0 radical (unpaired) electrons. The Kier molecular flexibility index (Phi) is 4.61. The van der Waals surface area contributed by atoms with Gasteiger partial charge in [0.2, 0.25) is 5.91 Å². The van der Waals surface area contributed by atoms with Crippen molar-refractivity contribution in [2.24, 2.45) is 5.92 Å². The van der Waals surface area contributed by atoms with E-state index in [1.807, 2.05) is 42.5 Å². The standard InChI is InChI=1S/C21H23N3O2/c1-26-17-8-4-7-15(12-17)16-9-10-18-19(13-16)23-24-21(18)22-20(25)11-14-5-2-3-6-14/h4,7-10,12-14H,2-3,5-6,11H2,1H3,(H2,22,23,24,25). The fraction of sp³-hybridized carbons (Fsp3) is 0.333. The van der Waals surface area contributed by atoms with Gasteiger partial charge in [0.1, 0.15) is 5.75 Å². The van der Waals surface area contributed by atoms with E-state index in [0.717, 1.165) is 27.8 Å². The van der Waals surface area contributed by atoms with E-state index < -0.39 is 0 Å². The van der Waals surface area contributed by atoms with Gasteiger partial charge in [-0.1, -0.05) is 31.0 Å². The van der Waals surface area contributed by atoms with Crippen LogP contribution in [0.4, 0.5) is 5.82 Å². The van der Waals surface area contributed by atoms with Crippen LogP contribution in [0.1, 0.15) is 32.1 Å². The molecule has 0 atom stereocenters. The summed E-state index contributed by atoms with van der Waals surface area (Å²) in [4.78, 5) is 12.3. The maximum Gasteiger partial charge on any atom is 0.225 e. The Bertz CT molecular complexity index is 926. The first-order valence-electron chi connectivity index (χ1n) is 9.15. The molecule has 0 bridgehead atoms. The number of nitrogens with zero attached hydrogens (tertiary/aromatic N) is 1. The highest BCUT2D eigenvalue weighted by molar-refractivity contribution is 6.00. The normalized spacial score (nSPS) is 14.7. The highest BCUT2D eigenvalue weighted by Gasteiger charge is 2.19. The number of benzene rings is 2. The second-order valence-electron chi connectivity index (χ2n) is 6.97. The lowest BCUT2D eigenvalue weighted by atomic mass is 10.0. The third-order valence-electron chi connectivity index (χ3n) is 5.17. The van der Waals surface area contributed by atoms with E-state index in [1.165, 1.54) is 25.7 Å². The molecule has 0 spiro atoms. The number of ether oxygens (including phenoxy) is 1. The molecule has 0 unspecified atom stereocenters. The molecule has 1 fully saturated rings. The van der Waals surface area contributed by atoms with Crippen molar-refractivity contribution in [2.45, 2.75) is 32.1 Å². The molecule has 1 aromatic heterocycles. The van der Waals surface area contributed by atoms with Crippen LogP contribution in [-0.4, -0.2) is 23.2 Å². The summed E-state index contributed by atoms with van der Waals surface area (Å²) in [6.07, 6.45) is 5.42. The van der Waals surface area contributed by atoms with E-state index in [2.05, 4.69) is 15.5 Å². The maximum absolute atomic E-state index is 12.3. The number of carbonyl (C=O) groups excluding carboxylic acids is 1. The van der Waals surface area contributed by atoms with E-state index in [1.54, 1.807) is 7.11 Å². The van der Waals surface area contributed by atoms with Gasteiger partial charge in [-0.25, -0.2) is 0 Å². The largest absolute Gasteiger partial charge is 0.497 e. The van der Waals surface area contributed by atoms with Crippen LogP contribution in [0.25, 0.3) is 22.0 Å². The summed E-state index contributed by atoms with van der Waals surface area (Å²) in [5, 5.41) is 11.2. The van der Waals surface area contributed by atoms with E-state index in [4.69, 9.17) is 4.74 Å². The summed E-state index contributed by atoms with van der Waals surface area (Å²) < 4.78 is 5.30. The predicted octanol–water partition coefficient (Wildman–Crippen LogP) is 4.76. The molecule has 1 heterocycles. The Balaban J connectivity index is 1.54. The maximum atomic E-state index is 12.3. The van der Waals surface area contributed by atoms with Crippen LogP contribution in [0.2, 0.25) is 0 Å². The average molecular weight is 349 g/mol. The molecular weight excluding hydrogens is 326 g/mol. The van der Waals surface area contributed by atoms with Crippen LogP contribution in [-0.2, 0) is 4.79 Å². The first kappa shape index (κ1) is 16.6. The minimum Gasteiger partial charge on any atom is -0.497 e. The molecule has 134 valence electrons. The van der Waals surface area contributed by atoms with Crippen molar-refractivity contribution in [3.05, 3.63) is 42.5 Å². The molecule has 1 aliphatic rings. The average Bonchev–Trinajstić information content (AvgIpc) is 3.31. The van der Waals surface area contributed by atoms with E-state index >= 15 is 0 Å². The Labute approximate surface area is 152 Å². The van der Waals surface area contributed by atoms with Crippen molar-refractivity contribution >= 4 is 22.6 Å². The lowest BCUT2D eigenvalue weighted by molar-refractivity contribution is -0.117. The first-order valence-corrected chi connectivity index (χ1v) is 9.15. The number of rotatable bonds is 5. The number of amides is 1. The number of carbonyl (C=O) groups is 1. The summed E-state index contributed by atoms with van der Waals surface area (Å²) in [6.45, 7) is 0. The molecule has 1 saturated carbocycles.